The van der Waals surface area contributed by atoms with Gasteiger partial charge in [0.15, 0.2) is 0 Å². The van der Waals surface area contributed by atoms with E-state index in [1.54, 1.807) is 6.92 Å². The fourth-order valence-electron chi connectivity index (χ4n) is 1.78. The van der Waals surface area contributed by atoms with Gasteiger partial charge in [0.1, 0.15) is 5.75 Å². The zero-order chi connectivity index (χ0) is 15.6. The molecule has 0 aliphatic rings. The van der Waals surface area contributed by atoms with Gasteiger partial charge in [-0.1, -0.05) is 0 Å². The molecule has 0 radical (unpaired) electrons. The molecule has 2 rings (SSSR count). The minimum absolute atomic E-state index is 0.207. The number of aryl methyl sites for hydroxylation is 1. The van der Waals surface area contributed by atoms with Gasteiger partial charge in [0, 0.05) is 12.1 Å². The van der Waals surface area contributed by atoms with E-state index >= 15 is 0 Å². The number of alkyl halides is 3. The second-order valence-electron chi connectivity index (χ2n) is 4.52. The molecule has 112 valence electrons. The molecule has 0 aliphatic carbocycles. The molecule has 1 heterocycles. The first-order chi connectivity index (χ1) is 9.82. The first-order valence-corrected chi connectivity index (χ1v) is 6.21. The molecule has 0 amide bonds. The summed E-state index contributed by atoms with van der Waals surface area (Å²) in [5.74, 6) is 0.454. The molecule has 0 aliphatic heterocycles. The van der Waals surface area contributed by atoms with Crippen LogP contribution in [0.5, 0.6) is 11.6 Å². The smallest absolute Gasteiger partial charge is 0.416 e. The average Bonchev–Trinajstić information content (AvgIpc) is 2.43. The Morgan fingerprint density at radius 2 is 1.71 bits per heavy atom. The van der Waals surface area contributed by atoms with Gasteiger partial charge in [0.2, 0.25) is 5.88 Å². The monoisotopic (exact) mass is 297 g/mol. The molecule has 0 saturated carbocycles. The van der Waals surface area contributed by atoms with Crippen LogP contribution in [0.15, 0.2) is 24.3 Å². The van der Waals surface area contributed by atoms with Gasteiger partial charge in [-0.25, -0.2) is 0 Å². The van der Waals surface area contributed by atoms with E-state index in [0.29, 0.717) is 5.56 Å². The summed E-state index contributed by atoms with van der Waals surface area (Å²) >= 11 is 0. The van der Waals surface area contributed by atoms with E-state index in [-0.39, 0.29) is 18.2 Å². The van der Waals surface area contributed by atoms with Gasteiger partial charge in [-0.3, -0.25) is 0 Å². The fraction of sp³-hybridized carbons (Fsp3) is 0.286. The Kier molecular flexibility index (Phi) is 4.13. The highest BCUT2D eigenvalue weighted by molar-refractivity contribution is 5.38. The second kappa shape index (κ2) is 5.69. The van der Waals surface area contributed by atoms with E-state index < -0.39 is 11.7 Å². The van der Waals surface area contributed by atoms with Gasteiger partial charge >= 0.3 is 6.18 Å². The Morgan fingerprint density at radius 3 is 2.24 bits per heavy atom. The molecule has 4 nitrogen and oxygen atoms in total. The number of hydrogen-bond acceptors (Lipinski definition) is 4. The van der Waals surface area contributed by atoms with Gasteiger partial charge in [-0.05, 0) is 43.7 Å². The zero-order valence-electron chi connectivity index (χ0n) is 11.5. The summed E-state index contributed by atoms with van der Waals surface area (Å²) in [7, 11) is 0. The molecule has 0 atom stereocenters. The molecule has 0 fully saturated rings. The molecule has 0 spiro atoms. The first-order valence-electron chi connectivity index (χ1n) is 6.21. The number of ether oxygens (including phenoxy) is 1. The van der Waals surface area contributed by atoms with E-state index in [4.69, 9.17) is 10.5 Å². The van der Waals surface area contributed by atoms with Crippen molar-refractivity contribution >= 4 is 0 Å². The van der Waals surface area contributed by atoms with Crippen LogP contribution in [0, 0.1) is 13.8 Å². The van der Waals surface area contributed by atoms with Crippen molar-refractivity contribution in [2.24, 2.45) is 5.73 Å². The molecule has 0 bridgehead atoms. The van der Waals surface area contributed by atoms with E-state index in [2.05, 4.69) is 10.2 Å². The molecule has 7 heteroatoms. The van der Waals surface area contributed by atoms with Crippen LogP contribution in [0.1, 0.15) is 22.4 Å². The van der Waals surface area contributed by atoms with Gasteiger partial charge in [-0.2, -0.15) is 18.3 Å². The summed E-state index contributed by atoms with van der Waals surface area (Å²) in [6, 6.07) is 4.37. The first kappa shape index (κ1) is 15.2. The third-order valence-electron chi connectivity index (χ3n) is 3.14. The summed E-state index contributed by atoms with van der Waals surface area (Å²) in [6.07, 6.45) is -4.37. The molecule has 0 unspecified atom stereocenters. The third kappa shape index (κ3) is 3.30. The van der Waals surface area contributed by atoms with Crippen LogP contribution in [0.25, 0.3) is 0 Å². The second-order valence-corrected chi connectivity index (χ2v) is 4.52. The summed E-state index contributed by atoms with van der Waals surface area (Å²) in [5, 5.41) is 7.83. The van der Waals surface area contributed by atoms with Crippen molar-refractivity contribution in [1.29, 1.82) is 0 Å². The largest absolute Gasteiger partial charge is 0.437 e. The number of aromatic nitrogens is 2. The van der Waals surface area contributed by atoms with Crippen molar-refractivity contribution in [3.05, 3.63) is 46.6 Å². The highest BCUT2D eigenvalue weighted by Gasteiger charge is 2.30. The van der Waals surface area contributed by atoms with Crippen LogP contribution in [-0.4, -0.2) is 10.2 Å². The normalized spacial score (nSPS) is 11.5. The number of hydrogen-bond donors (Lipinski definition) is 1. The Hall–Kier alpha value is -2.15. The summed E-state index contributed by atoms with van der Waals surface area (Å²) < 4.78 is 42.9. The molecule has 2 N–H and O–H groups in total. The Bertz CT molecular complexity index is 639. The zero-order valence-corrected chi connectivity index (χ0v) is 11.5. The highest BCUT2D eigenvalue weighted by Crippen LogP contribution is 2.32. The van der Waals surface area contributed by atoms with Gasteiger partial charge in [0.05, 0.1) is 11.3 Å². The topological polar surface area (TPSA) is 61.0 Å². The number of rotatable bonds is 3. The lowest BCUT2D eigenvalue weighted by Gasteiger charge is -2.12. The van der Waals surface area contributed by atoms with E-state index in [1.807, 2.05) is 6.92 Å². The predicted octanol–water partition coefficient (Wildman–Crippen LogP) is 3.36. The lowest BCUT2D eigenvalue weighted by atomic mass is 10.1. The van der Waals surface area contributed by atoms with E-state index in [1.165, 1.54) is 12.1 Å². The maximum atomic E-state index is 12.5. The number of halogens is 3. The fourth-order valence-corrected chi connectivity index (χ4v) is 1.78. The van der Waals surface area contributed by atoms with Crippen LogP contribution < -0.4 is 10.5 Å². The average molecular weight is 297 g/mol. The molecule has 2 aromatic rings. The maximum absolute atomic E-state index is 12.5. The number of benzene rings is 1. The Morgan fingerprint density at radius 1 is 1.10 bits per heavy atom. The van der Waals surface area contributed by atoms with Crippen LogP contribution in [0.3, 0.4) is 0 Å². The maximum Gasteiger partial charge on any atom is 0.416 e. The molecular formula is C14H14F3N3O. The van der Waals surface area contributed by atoms with Crippen molar-refractivity contribution in [3.63, 3.8) is 0 Å². The lowest BCUT2D eigenvalue weighted by Crippen LogP contribution is -2.07. The van der Waals surface area contributed by atoms with E-state index in [0.717, 1.165) is 23.4 Å². The van der Waals surface area contributed by atoms with Crippen molar-refractivity contribution in [2.45, 2.75) is 26.6 Å². The number of nitrogens with zero attached hydrogens (tertiary/aromatic N) is 2. The van der Waals surface area contributed by atoms with E-state index in [9.17, 15) is 13.2 Å². The Labute approximate surface area is 119 Å². The minimum atomic E-state index is -4.37. The van der Waals surface area contributed by atoms with Crippen molar-refractivity contribution in [2.75, 3.05) is 0 Å². The molecule has 1 aromatic heterocycles. The quantitative estimate of drug-likeness (QED) is 0.943. The standard InChI is InChI=1S/C14H14F3N3O/c1-8-9(2)19-20-13(12(8)7-18)21-11-5-3-10(4-6-11)14(15,16)17/h3-6H,7,18H2,1-2H3. The lowest BCUT2D eigenvalue weighted by molar-refractivity contribution is -0.137. The van der Waals surface area contributed by atoms with Crippen LogP contribution in [0.4, 0.5) is 13.2 Å². The van der Waals surface area contributed by atoms with Crippen LogP contribution >= 0.6 is 0 Å². The molecule has 1 aromatic carbocycles. The third-order valence-corrected chi connectivity index (χ3v) is 3.14. The van der Waals surface area contributed by atoms with Gasteiger partial charge < -0.3 is 10.5 Å². The number of nitrogens with two attached hydrogens (primary N) is 1. The highest BCUT2D eigenvalue weighted by atomic mass is 19.4. The molecule has 21 heavy (non-hydrogen) atoms. The summed E-state index contributed by atoms with van der Waals surface area (Å²) in [4.78, 5) is 0. The Balaban J connectivity index is 2.29. The molecular weight excluding hydrogens is 283 g/mol. The van der Waals surface area contributed by atoms with Crippen molar-refractivity contribution < 1.29 is 17.9 Å². The predicted molar refractivity (Wildman–Crippen MR) is 70.9 cm³/mol. The SMILES string of the molecule is Cc1nnc(Oc2ccc(C(F)(F)F)cc2)c(CN)c1C. The van der Waals surface area contributed by atoms with Crippen molar-refractivity contribution in [3.8, 4) is 11.6 Å². The van der Waals surface area contributed by atoms with Crippen LogP contribution in [0.2, 0.25) is 0 Å². The van der Waals surface area contributed by atoms with Crippen LogP contribution in [-0.2, 0) is 12.7 Å². The minimum Gasteiger partial charge on any atom is -0.437 e. The molecule has 0 saturated heterocycles. The summed E-state index contributed by atoms with van der Waals surface area (Å²) in [6.45, 7) is 3.84. The van der Waals surface area contributed by atoms with Crippen molar-refractivity contribution in [1.82, 2.24) is 10.2 Å². The van der Waals surface area contributed by atoms with Gasteiger partial charge in [0.25, 0.3) is 0 Å². The summed E-state index contributed by atoms with van der Waals surface area (Å²) in [5.41, 5.74) is 7.19. The van der Waals surface area contributed by atoms with Gasteiger partial charge in [-0.15, -0.1) is 5.10 Å².